The van der Waals surface area contributed by atoms with Crippen LogP contribution in [0.3, 0.4) is 0 Å². The molecule has 2 aromatic rings. The van der Waals surface area contributed by atoms with Gasteiger partial charge in [-0.15, -0.1) is 12.4 Å². The van der Waals surface area contributed by atoms with Gasteiger partial charge >= 0.3 is 5.97 Å². The molecule has 7 nitrogen and oxygen atoms in total. The lowest BCUT2D eigenvalue weighted by Crippen LogP contribution is -2.39. The third-order valence-electron chi connectivity index (χ3n) is 4.45. The minimum Gasteiger partial charge on any atom is -0.494 e. The first-order valence-corrected chi connectivity index (χ1v) is 8.07. The molecule has 0 saturated carbocycles. The number of piperidine rings is 1. The minimum atomic E-state index is -1.15. The van der Waals surface area contributed by atoms with E-state index in [1.165, 1.54) is 25.3 Å². The molecule has 1 saturated heterocycles. The van der Waals surface area contributed by atoms with Crippen LogP contribution < -0.4 is 15.4 Å². The summed E-state index contributed by atoms with van der Waals surface area (Å²) in [5.41, 5.74) is 6.10. The molecule has 0 aliphatic carbocycles. The molecule has 1 aliphatic heterocycles. The first-order chi connectivity index (χ1) is 12.0. The summed E-state index contributed by atoms with van der Waals surface area (Å²) in [6.45, 7) is 1.86. The van der Waals surface area contributed by atoms with Crippen molar-refractivity contribution in [3.05, 3.63) is 29.6 Å². The number of nitrogens with zero attached hydrogens (tertiary/aromatic N) is 2. The maximum Gasteiger partial charge on any atom is 0.343 e. The first-order valence-electron chi connectivity index (χ1n) is 8.07. The van der Waals surface area contributed by atoms with Crippen molar-refractivity contribution >= 4 is 24.2 Å². The van der Waals surface area contributed by atoms with E-state index in [-0.39, 0.29) is 35.3 Å². The lowest BCUT2D eigenvalue weighted by Gasteiger charge is -2.32. The van der Waals surface area contributed by atoms with Gasteiger partial charge in [0.25, 0.3) is 0 Å². The number of benzene rings is 1. The van der Waals surface area contributed by atoms with E-state index < -0.39 is 11.8 Å². The Morgan fingerprint density at radius 3 is 2.96 bits per heavy atom. The quantitative estimate of drug-likeness (QED) is 0.815. The van der Waals surface area contributed by atoms with E-state index in [9.17, 15) is 14.3 Å². The third kappa shape index (κ3) is 3.76. The van der Waals surface area contributed by atoms with Crippen LogP contribution in [0.1, 0.15) is 23.2 Å². The average molecular weight is 386 g/mol. The Labute approximate surface area is 156 Å². The predicted molar refractivity (Wildman–Crippen MR) is 96.6 cm³/mol. The number of carboxylic acids is 1. The molecule has 2 heterocycles. The molecule has 0 bridgehead atoms. The Hall–Kier alpha value is -2.32. The predicted octanol–water partition coefficient (Wildman–Crippen LogP) is 2.78. The normalized spacial score (nSPS) is 16.9. The summed E-state index contributed by atoms with van der Waals surface area (Å²) in [7, 11) is 1.34. The summed E-state index contributed by atoms with van der Waals surface area (Å²) in [6, 6.07) is 4.03. The number of carboxylic acid groups (broad SMARTS) is 1. The van der Waals surface area contributed by atoms with Crippen molar-refractivity contribution in [2.75, 3.05) is 31.6 Å². The van der Waals surface area contributed by atoms with E-state index in [1.807, 2.05) is 4.90 Å². The standard InChI is InChI=1S/C17H20FN3O4.ClH/c1-24-13-7-11(4-5-12(13)18)15-14(17(22)23)16(20-25-15)21-6-2-3-10(8-19)9-21;/h4-5,7,10H,2-3,6,8-9,19H2,1H3,(H,22,23);1H. The molecule has 142 valence electrons. The second-order valence-electron chi connectivity index (χ2n) is 6.05. The van der Waals surface area contributed by atoms with Crippen LogP contribution >= 0.6 is 12.4 Å². The maximum atomic E-state index is 13.6. The Kier molecular flexibility index (Phi) is 6.44. The van der Waals surface area contributed by atoms with Crippen molar-refractivity contribution in [3.63, 3.8) is 0 Å². The van der Waals surface area contributed by atoms with Crippen LogP contribution in [-0.4, -0.2) is 43.0 Å². The maximum absolute atomic E-state index is 13.6. The highest BCUT2D eigenvalue weighted by Gasteiger charge is 2.30. The van der Waals surface area contributed by atoms with Crippen molar-refractivity contribution in [3.8, 4) is 17.1 Å². The number of hydrogen-bond acceptors (Lipinski definition) is 6. The molecule has 3 rings (SSSR count). The lowest BCUT2D eigenvalue weighted by atomic mass is 9.97. The van der Waals surface area contributed by atoms with Crippen molar-refractivity contribution in [1.82, 2.24) is 5.16 Å². The van der Waals surface area contributed by atoms with Crippen LogP contribution in [-0.2, 0) is 0 Å². The molecule has 1 fully saturated rings. The Morgan fingerprint density at radius 1 is 1.54 bits per heavy atom. The number of nitrogens with two attached hydrogens (primary N) is 1. The number of aromatic carboxylic acids is 1. The van der Waals surface area contributed by atoms with Gasteiger partial charge in [-0.3, -0.25) is 0 Å². The fourth-order valence-electron chi connectivity index (χ4n) is 3.14. The van der Waals surface area contributed by atoms with Gasteiger partial charge < -0.3 is 25.0 Å². The topological polar surface area (TPSA) is 102 Å². The van der Waals surface area contributed by atoms with Crippen LogP contribution in [0, 0.1) is 11.7 Å². The number of carbonyl (C=O) groups is 1. The number of methoxy groups -OCH3 is 1. The fourth-order valence-corrected chi connectivity index (χ4v) is 3.14. The molecule has 9 heteroatoms. The van der Waals surface area contributed by atoms with Crippen LogP contribution in [0.5, 0.6) is 5.75 Å². The summed E-state index contributed by atoms with van der Waals surface area (Å²) in [6.07, 6.45) is 1.92. The monoisotopic (exact) mass is 385 g/mol. The molecule has 1 aliphatic rings. The van der Waals surface area contributed by atoms with E-state index in [1.54, 1.807) is 0 Å². The molecular formula is C17H21ClFN3O4. The van der Waals surface area contributed by atoms with Crippen molar-refractivity contribution in [2.45, 2.75) is 12.8 Å². The summed E-state index contributed by atoms with van der Waals surface area (Å²) >= 11 is 0. The molecule has 1 aromatic carbocycles. The number of hydrogen-bond donors (Lipinski definition) is 2. The van der Waals surface area contributed by atoms with Gasteiger partial charge in [-0.25, -0.2) is 9.18 Å². The minimum absolute atomic E-state index is 0. The van der Waals surface area contributed by atoms with Crippen molar-refractivity contribution in [2.24, 2.45) is 11.7 Å². The van der Waals surface area contributed by atoms with Gasteiger partial charge in [0.15, 0.2) is 28.7 Å². The van der Waals surface area contributed by atoms with Gasteiger partial charge in [0.1, 0.15) is 0 Å². The van der Waals surface area contributed by atoms with E-state index in [0.717, 1.165) is 12.8 Å². The van der Waals surface area contributed by atoms with Gasteiger partial charge in [0.05, 0.1) is 7.11 Å². The lowest BCUT2D eigenvalue weighted by molar-refractivity contribution is 0.0697. The molecular weight excluding hydrogens is 365 g/mol. The summed E-state index contributed by atoms with van der Waals surface area (Å²) in [5.74, 6) is -1.02. The molecule has 1 atom stereocenters. The molecule has 0 amide bonds. The average Bonchev–Trinajstić information content (AvgIpc) is 3.07. The summed E-state index contributed by atoms with van der Waals surface area (Å²) in [4.78, 5) is 13.7. The molecule has 1 unspecified atom stereocenters. The van der Waals surface area contributed by atoms with Crippen LogP contribution in [0.15, 0.2) is 22.7 Å². The number of ether oxygens (including phenoxy) is 1. The Balaban J connectivity index is 0.00000243. The zero-order valence-corrected chi connectivity index (χ0v) is 15.1. The zero-order valence-electron chi connectivity index (χ0n) is 14.3. The molecule has 0 radical (unpaired) electrons. The number of halogens is 2. The van der Waals surface area contributed by atoms with Gasteiger partial charge in [0.2, 0.25) is 0 Å². The first kappa shape index (κ1) is 20.0. The molecule has 3 N–H and O–H groups in total. The van der Waals surface area contributed by atoms with Crippen LogP contribution in [0.4, 0.5) is 10.2 Å². The number of anilines is 1. The van der Waals surface area contributed by atoms with Gasteiger partial charge in [0, 0.05) is 18.7 Å². The highest BCUT2D eigenvalue weighted by Crippen LogP contribution is 2.35. The van der Waals surface area contributed by atoms with Gasteiger partial charge in [-0.05, 0) is 43.5 Å². The Bertz CT molecular complexity index is 783. The smallest absolute Gasteiger partial charge is 0.343 e. The SMILES string of the molecule is COc1cc(-c2onc(N3CCCC(CN)C3)c2C(=O)O)ccc1F.Cl. The number of aromatic nitrogens is 1. The second kappa shape index (κ2) is 8.37. The van der Waals surface area contributed by atoms with Gasteiger partial charge in [-0.1, -0.05) is 5.16 Å². The van der Waals surface area contributed by atoms with Crippen molar-refractivity contribution < 1.29 is 23.6 Å². The van der Waals surface area contributed by atoms with E-state index >= 15 is 0 Å². The molecule has 0 spiro atoms. The third-order valence-corrected chi connectivity index (χ3v) is 4.45. The van der Waals surface area contributed by atoms with Gasteiger partial charge in [-0.2, -0.15) is 0 Å². The summed E-state index contributed by atoms with van der Waals surface area (Å²) in [5, 5.41) is 13.7. The summed E-state index contributed by atoms with van der Waals surface area (Å²) < 4.78 is 23.9. The van der Waals surface area contributed by atoms with E-state index in [4.69, 9.17) is 15.0 Å². The highest BCUT2D eigenvalue weighted by atomic mass is 35.5. The van der Waals surface area contributed by atoms with E-state index in [0.29, 0.717) is 31.1 Å². The fraction of sp³-hybridized carbons (Fsp3) is 0.412. The van der Waals surface area contributed by atoms with Crippen molar-refractivity contribution in [1.29, 1.82) is 0 Å². The Morgan fingerprint density at radius 2 is 2.31 bits per heavy atom. The highest BCUT2D eigenvalue weighted by molar-refractivity contribution is 5.99. The van der Waals surface area contributed by atoms with Crippen LogP contribution in [0.25, 0.3) is 11.3 Å². The largest absolute Gasteiger partial charge is 0.494 e. The number of rotatable bonds is 5. The molecule has 26 heavy (non-hydrogen) atoms. The van der Waals surface area contributed by atoms with E-state index in [2.05, 4.69) is 5.16 Å². The second-order valence-corrected chi connectivity index (χ2v) is 6.05. The zero-order chi connectivity index (χ0) is 18.0. The molecule has 1 aromatic heterocycles. The van der Waals surface area contributed by atoms with Crippen LogP contribution in [0.2, 0.25) is 0 Å².